The van der Waals surface area contributed by atoms with Gasteiger partial charge in [-0.2, -0.15) is 13.2 Å². The van der Waals surface area contributed by atoms with E-state index in [9.17, 15) is 22.8 Å². The van der Waals surface area contributed by atoms with Crippen molar-refractivity contribution >= 4 is 23.4 Å². The lowest BCUT2D eigenvalue weighted by molar-refractivity contribution is -0.137. The van der Waals surface area contributed by atoms with E-state index in [1.165, 1.54) is 12.1 Å². The second-order valence-corrected chi connectivity index (χ2v) is 6.11. The molecule has 0 unspecified atom stereocenters. The summed E-state index contributed by atoms with van der Waals surface area (Å²) in [6.45, 7) is 0. The van der Waals surface area contributed by atoms with Crippen LogP contribution in [0.2, 0.25) is 0 Å². The summed E-state index contributed by atoms with van der Waals surface area (Å²) in [7, 11) is 0. The Morgan fingerprint density at radius 1 is 0.800 bits per heavy atom. The number of carboxylic acids is 1. The number of rotatable bonds is 5. The van der Waals surface area contributed by atoms with Crippen molar-refractivity contribution in [1.82, 2.24) is 0 Å². The second kappa shape index (κ2) is 8.56. The van der Waals surface area contributed by atoms with Crippen molar-refractivity contribution in [3.05, 3.63) is 83.9 Å². The van der Waals surface area contributed by atoms with Crippen molar-refractivity contribution < 1.29 is 32.6 Å². The lowest BCUT2D eigenvalue weighted by Crippen LogP contribution is -2.19. The van der Waals surface area contributed by atoms with Crippen LogP contribution in [0.4, 0.5) is 29.3 Å². The van der Waals surface area contributed by atoms with E-state index < -0.39 is 23.7 Å². The molecule has 6 nitrogen and oxygen atoms in total. The first kappa shape index (κ1) is 20.7. The smallest absolute Gasteiger partial charge is 0.416 e. The monoisotopic (exact) mass is 416 g/mol. The lowest BCUT2D eigenvalue weighted by atomic mass is 10.2. The third kappa shape index (κ3) is 5.51. The van der Waals surface area contributed by atoms with Gasteiger partial charge in [-0.05, 0) is 66.7 Å². The summed E-state index contributed by atoms with van der Waals surface area (Å²) >= 11 is 0. The molecule has 0 atom stereocenters. The summed E-state index contributed by atoms with van der Waals surface area (Å²) in [4.78, 5) is 23.0. The zero-order valence-corrected chi connectivity index (χ0v) is 15.2. The topological polar surface area (TPSA) is 87.7 Å². The molecule has 0 aliphatic carbocycles. The quantitative estimate of drug-likeness (QED) is 0.488. The van der Waals surface area contributed by atoms with Crippen LogP contribution in [-0.4, -0.2) is 17.1 Å². The molecule has 154 valence electrons. The number of hydrogen-bond donors (Lipinski definition) is 3. The van der Waals surface area contributed by atoms with Crippen LogP contribution < -0.4 is 15.4 Å². The SMILES string of the molecule is O=C(Nc1ccc(Oc2cccc(C(=O)O)c2)cc1)Nc1ccc(C(F)(F)F)cc1. The van der Waals surface area contributed by atoms with Gasteiger partial charge in [-0.15, -0.1) is 0 Å². The van der Waals surface area contributed by atoms with Crippen LogP contribution in [0, 0.1) is 0 Å². The minimum atomic E-state index is -4.44. The van der Waals surface area contributed by atoms with Crippen LogP contribution in [0.15, 0.2) is 72.8 Å². The molecule has 0 fully saturated rings. The van der Waals surface area contributed by atoms with E-state index >= 15 is 0 Å². The molecule has 3 N–H and O–H groups in total. The predicted octanol–water partition coefficient (Wildman–Crippen LogP) is 5.84. The molecule has 0 aliphatic rings. The third-order valence-electron chi connectivity index (χ3n) is 3.90. The predicted molar refractivity (Wildman–Crippen MR) is 104 cm³/mol. The fraction of sp³-hybridized carbons (Fsp3) is 0.0476. The van der Waals surface area contributed by atoms with Gasteiger partial charge >= 0.3 is 18.2 Å². The van der Waals surface area contributed by atoms with Gasteiger partial charge in [-0.1, -0.05) is 6.07 Å². The Labute approximate surface area is 168 Å². The minimum absolute atomic E-state index is 0.0886. The van der Waals surface area contributed by atoms with Gasteiger partial charge < -0.3 is 20.5 Å². The van der Waals surface area contributed by atoms with Gasteiger partial charge in [-0.25, -0.2) is 9.59 Å². The van der Waals surface area contributed by atoms with Gasteiger partial charge in [0.05, 0.1) is 11.1 Å². The minimum Gasteiger partial charge on any atom is -0.478 e. The lowest BCUT2D eigenvalue weighted by Gasteiger charge is -2.11. The first-order valence-corrected chi connectivity index (χ1v) is 8.57. The molecule has 0 aromatic heterocycles. The summed E-state index contributed by atoms with van der Waals surface area (Å²) in [5.74, 6) is -0.305. The molecule has 9 heteroatoms. The number of alkyl halides is 3. The van der Waals surface area contributed by atoms with Gasteiger partial charge in [0.2, 0.25) is 0 Å². The highest BCUT2D eigenvalue weighted by Crippen LogP contribution is 2.30. The molecule has 0 radical (unpaired) electrons. The molecule has 0 bridgehead atoms. The molecule has 0 aliphatic heterocycles. The normalized spacial score (nSPS) is 10.9. The number of nitrogens with one attached hydrogen (secondary N) is 2. The number of anilines is 2. The van der Waals surface area contributed by atoms with E-state index in [1.54, 1.807) is 36.4 Å². The fourth-order valence-corrected chi connectivity index (χ4v) is 2.47. The summed E-state index contributed by atoms with van der Waals surface area (Å²) in [5.41, 5.74) is -0.0894. The van der Waals surface area contributed by atoms with E-state index in [0.29, 0.717) is 17.2 Å². The molecule has 0 saturated carbocycles. The maximum absolute atomic E-state index is 12.6. The number of hydrogen-bond acceptors (Lipinski definition) is 3. The Bertz CT molecular complexity index is 1050. The number of benzene rings is 3. The Morgan fingerprint density at radius 3 is 1.90 bits per heavy atom. The standard InChI is InChI=1S/C21H15F3N2O4/c22-21(23,24)14-4-6-15(7-5-14)25-20(29)26-16-8-10-17(11-9-16)30-18-3-1-2-13(12-18)19(27)28/h1-12H,(H,27,28)(H2,25,26,29). The molecule has 2 amide bonds. The summed E-state index contributed by atoms with van der Waals surface area (Å²) in [5, 5.41) is 14.0. The van der Waals surface area contributed by atoms with Gasteiger partial charge in [0.1, 0.15) is 11.5 Å². The summed E-state index contributed by atoms with van der Waals surface area (Å²) in [6.07, 6.45) is -4.44. The molecular weight excluding hydrogens is 401 g/mol. The molecular formula is C21H15F3N2O4. The highest BCUT2D eigenvalue weighted by Gasteiger charge is 2.29. The Balaban J connectivity index is 1.58. The van der Waals surface area contributed by atoms with E-state index in [0.717, 1.165) is 24.3 Å². The number of ether oxygens (including phenoxy) is 1. The highest BCUT2D eigenvalue weighted by atomic mass is 19.4. The first-order valence-electron chi connectivity index (χ1n) is 8.57. The van der Waals surface area contributed by atoms with Gasteiger partial charge in [-0.3, -0.25) is 0 Å². The third-order valence-corrected chi connectivity index (χ3v) is 3.90. The Hall–Kier alpha value is -4.01. The second-order valence-electron chi connectivity index (χ2n) is 6.11. The fourth-order valence-electron chi connectivity index (χ4n) is 2.47. The highest BCUT2D eigenvalue weighted by molar-refractivity contribution is 5.99. The van der Waals surface area contributed by atoms with Crippen LogP contribution in [0.1, 0.15) is 15.9 Å². The number of amides is 2. The Morgan fingerprint density at radius 2 is 1.37 bits per heavy atom. The van der Waals surface area contributed by atoms with Crippen molar-refractivity contribution in [2.24, 2.45) is 0 Å². The van der Waals surface area contributed by atoms with E-state index in [-0.39, 0.29) is 11.3 Å². The van der Waals surface area contributed by atoms with Crippen LogP contribution >= 0.6 is 0 Å². The molecule has 3 aromatic rings. The van der Waals surface area contributed by atoms with Crippen molar-refractivity contribution in [1.29, 1.82) is 0 Å². The number of carbonyl (C=O) groups excluding carboxylic acids is 1. The van der Waals surface area contributed by atoms with Crippen molar-refractivity contribution in [2.75, 3.05) is 10.6 Å². The molecule has 0 spiro atoms. The van der Waals surface area contributed by atoms with Crippen LogP contribution in [-0.2, 0) is 6.18 Å². The average molecular weight is 416 g/mol. The Kier molecular flexibility index (Phi) is 5.91. The van der Waals surface area contributed by atoms with Crippen LogP contribution in [0.5, 0.6) is 11.5 Å². The van der Waals surface area contributed by atoms with E-state index in [2.05, 4.69) is 10.6 Å². The number of urea groups is 1. The van der Waals surface area contributed by atoms with Gasteiger partial charge in [0.15, 0.2) is 0 Å². The van der Waals surface area contributed by atoms with Gasteiger partial charge in [0, 0.05) is 11.4 Å². The maximum Gasteiger partial charge on any atom is 0.416 e. The van der Waals surface area contributed by atoms with Gasteiger partial charge in [0.25, 0.3) is 0 Å². The average Bonchev–Trinajstić information content (AvgIpc) is 2.69. The van der Waals surface area contributed by atoms with Crippen molar-refractivity contribution in [2.45, 2.75) is 6.18 Å². The number of aromatic carboxylic acids is 1. The van der Waals surface area contributed by atoms with Crippen molar-refractivity contribution in [3.8, 4) is 11.5 Å². The number of halogens is 3. The summed E-state index contributed by atoms with van der Waals surface area (Å²) in [6, 6.07) is 15.7. The first-order chi connectivity index (χ1) is 14.2. The van der Waals surface area contributed by atoms with E-state index in [4.69, 9.17) is 9.84 Å². The summed E-state index contributed by atoms with van der Waals surface area (Å²) < 4.78 is 43.3. The van der Waals surface area contributed by atoms with Crippen LogP contribution in [0.25, 0.3) is 0 Å². The largest absolute Gasteiger partial charge is 0.478 e. The maximum atomic E-state index is 12.6. The molecule has 0 saturated heterocycles. The number of carbonyl (C=O) groups is 2. The zero-order chi connectivity index (χ0) is 21.7. The molecule has 30 heavy (non-hydrogen) atoms. The van der Waals surface area contributed by atoms with Crippen molar-refractivity contribution in [3.63, 3.8) is 0 Å². The van der Waals surface area contributed by atoms with E-state index in [1.807, 2.05) is 0 Å². The molecule has 0 heterocycles. The number of carboxylic acid groups (broad SMARTS) is 1. The zero-order valence-electron chi connectivity index (χ0n) is 15.2. The molecule has 3 rings (SSSR count). The van der Waals surface area contributed by atoms with Crippen LogP contribution in [0.3, 0.4) is 0 Å². The molecule has 3 aromatic carbocycles.